The number of nitrogens with one attached hydrogen (secondary N) is 1. The van der Waals surface area contributed by atoms with Crippen molar-refractivity contribution in [3.05, 3.63) is 139 Å². The highest BCUT2D eigenvalue weighted by Gasteiger charge is 2.13. The van der Waals surface area contributed by atoms with E-state index in [9.17, 15) is 9.59 Å². The first-order chi connectivity index (χ1) is 28.5. The van der Waals surface area contributed by atoms with Gasteiger partial charge in [-0.05, 0) is 42.9 Å². The quantitative estimate of drug-likeness (QED) is 0.110. The van der Waals surface area contributed by atoms with Crippen molar-refractivity contribution in [1.29, 1.82) is 0 Å². The number of carboxylic acid groups (broad SMARTS) is 1. The minimum absolute atomic E-state index is 0. The van der Waals surface area contributed by atoms with Crippen molar-refractivity contribution in [1.82, 2.24) is 45.5 Å². The molecule has 0 fully saturated rings. The number of rotatable bonds is 11. The Morgan fingerprint density at radius 2 is 1.15 bits per heavy atom. The van der Waals surface area contributed by atoms with Crippen molar-refractivity contribution >= 4 is 57.8 Å². The molecule has 8 aromatic rings. The van der Waals surface area contributed by atoms with Crippen LogP contribution in [0.5, 0.6) is 0 Å². The number of carbonyl (C=O) groups is 2. The van der Waals surface area contributed by atoms with Gasteiger partial charge in [-0.1, -0.05) is 65.2 Å². The maximum absolute atomic E-state index is 12.4. The lowest BCUT2D eigenvalue weighted by Crippen LogP contribution is -2.25. The van der Waals surface area contributed by atoms with Gasteiger partial charge in [-0.2, -0.15) is 9.97 Å². The molecule has 1 amide bonds. The number of amides is 1. The molecule has 15 nitrogen and oxygen atoms in total. The van der Waals surface area contributed by atoms with Gasteiger partial charge < -0.3 is 25.2 Å². The zero-order valence-electron chi connectivity index (χ0n) is 31.4. The number of hydrogen-bond acceptors (Lipinski definition) is 15. The summed E-state index contributed by atoms with van der Waals surface area (Å²) < 4.78 is 9.75. The lowest BCUT2D eigenvalue weighted by atomic mass is 10.2. The zero-order valence-corrected chi connectivity index (χ0v) is 34.5. The number of carbonyl (C=O) groups excluding carboxylic acids is 1. The third kappa shape index (κ3) is 12.6. The van der Waals surface area contributed by atoms with Gasteiger partial charge in [-0.3, -0.25) is 14.8 Å². The second-order valence-electron chi connectivity index (χ2n) is 12.3. The van der Waals surface area contributed by atoms with Gasteiger partial charge in [-0.15, -0.1) is 22.7 Å². The first-order valence-electron chi connectivity index (χ1n) is 17.7. The zero-order chi connectivity index (χ0) is 41.7. The summed E-state index contributed by atoms with van der Waals surface area (Å²) in [5.41, 5.74) is 11.2. The van der Waals surface area contributed by atoms with Crippen LogP contribution in [0, 0.1) is 13.8 Å². The number of benzene rings is 2. The van der Waals surface area contributed by atoms with Gasteiger partial charge in [0, 0.05) is 101 Å². The molecule has 0 bridgehead atoms. The topological polar surface area (TPSA) is 222 Å². The van der Waals surface area contributed by atoms with Crippen molar-refractivity contribution in [2.45, 2.75) is 34.1 Å². The molecule has 0 saturated heterocycles. The van der Waals surface area contributed by atoms with Crippen LogP contribution in [-0.2, 0) is 12.8 Å². The molecule has 0 saturated carbocycles. The van der Waals surface area contributed by atoms with E-state index in [0.29, 0.717) is 64.7 Å². The molecule has 0 aliphatic rings. The monoisotopic (exact) mass is 884 g/mol. The molecule has 6 aromatic heterocycles. The number of nitrogens with zero attached hydrogens (tertiary/aromatic N) is 8. The number of aromatic nitrogens is 8. The number of hydrogen-bond donors (Lipinski definition) is 3. The first kappa shape index (κ1) is 44.9. The van der Waals surface area contributed by atoms with E-state index in [0.717, 1.165) is 44.0 Å². The highest BCUT2D eigenvalue weighted by molar-refractivity contribution is 7.10. The number of pyridine rings is 2. The predicted molar refractivity (Wildman–Crippen MR) is 232 cm³/mol. The van der Waals surface area contributed by atoms with Crippen molar-refractivity contribution in [3.8, 4) is 45.3 Å². The summed E-state index contributed by atoms with van der Waals surface area (Å²) in [5, 5.41) is 26.7. The minimum Gasteiger partial charge on any atom is -0.478 e. The summed E-state index contributed by atoms with van der Waals surface area (Å²) in [6.45, 7) is 4.48. The Morgan fingerprint density at radius 3 is 1.60 bits per heavy atom. The fourth-order valence-corrected chi connectivity index (χ4v) is 6.95. The summed E-state index contributed by atoms with van der Waals surface area (Å²) in [5.74, 6) is 0.367. The molecule has 0 unspecified atom stereocenters. The largest absolute Gasteiger partial charge is 0.478 e. The van der Waals surface area contributed by atoms with Crippen LogP contribution in [0.4, 0.5) is 0 Å². The van der Waals surface area contributed by atoms with Gasteiger partial charge >= 0.3 is 5.97 Å². The average Bonchev–Trinajstić information content (AvgIpc) is 4.09. The molecule has 4 N–H and O–H groups in total. The smallest absolute Gasteiger partial charge is 0.337 e. The Balaban J connectivity index is 0.000000186. The predicted octanol–water partition coefficient (Wildman–Crippen LogP) is 8.93. The van der Waals surface area contributed by atoms with Crippen LogP contribution < -0.4 is 11.1 Å². The number of aromatic carboxylic acids is 1. The molecule has 0 spiro atoms. The molecule has 308 valence electrons. The van der Waals surface area contributed by atoms with Crippen LogP contribution in [0.15, 0.2) is 105 Å². The van der Waals surface area contributed by atoms with Gasteiger partial charge in [-0.25, -0.2) is 14.8 Å². The van der Waals surface area contributed by atoms with Gasteiger partial charge in [0.1, 0.15) is 0 Å². The Kier molecular flexibility index (Phi) is 16.2. The second kappa shape index (κ2) is 21.7. The van der Waals surface area contributed by atoms with Crippen LogP contribution in [0.1, 0.15) is 49.9 Å². The molecular formula is C41H38Cl2N10O5S2. The molecule has 6 heterocycles. The first-order valence-corrected chi connectivity index (χ1v) is 20.2. The van der Waals surface area contributed by atoms with Gasteiger partial charge in [0.25, 0.3) is 5.91 Å². The molecular weight excluding hydrogens is 848 g/mol. The molecule has 8 rings (SSSR count). The van der Waals surface area contributed by atoms with E-state index in [4.69, 9.17) is 43.1 Å². The fourth-order valence-electron chi connectivity index (χ4n) is 5.06. The van der Waals surface area contributed by atoms with E-state index >= 15 is 0 Å². The molecule has 60 heavy (non-hydrogen) atoms. The highest BCUT2D eigenvalue weighted by Crippen LogP contribution is 2.25. The highest BCUT2D eigenvalue weighted by atomic mass is 35.5. The Bertz CT molecular complexity index is 2630. The number of aryl methyl sites for hydroxylation is 2. The number of carboxylic acids is 1. The number of nitrogens with two attached hydrogens (primary N) is 1. The maximum Gasteiger partial charge on any atom is 0.337 e. The summed E-state index contributed by atoms with van der Waals surface area (Å²) in [4.78, 5) is 48.2. The van der Waals surface area contributed by atoms with E-state index in [-0.39, 0.29) is 18.9 Å². The van der Waals surface area contributed by atoms with Crippen LogP contribution >= 0.6 is 45.9 Å². The van der Waals surface area contributed by atoms with Gasteiger partial charge in [0.15, 0.2) is 0 Å². The van der Waals surface area contributed by atoms with Crippen molar-refractivity contribution in [2.75, 3.05) is 13.1 Å². The van der Waals surface area contributed by atoms with Crippen LogP contribution in [-0.4, -0.2) is 70.3 Å². The SMILES string of the molecule is C.Cc1nc(-c2cncc(C(=O)NCCc3nc(-c4ccc(Cl)cc4)cs3)c2)no1.Cc1nc(-c2cncc(C(=O)O)c2)no1.NCCc1nc(-c2ccc(Cl)cc2)cs1. The summed E-state index contributed by atoms with van der Waals surface area (Å²) in [6.07, 6.45) is 7.33. The lowest BCUT2D eigenvalue weighted by molar-refractivity contribution is 0.0696. The number of thiazole rings is 2. The summed E-state index contributed by atoms with van der Waals surface area (Å²) in [6, 6.07) is 18.4. The normalized spacial score (nSPS) is 10.4. The molecule has 0 aliphatic heterocycles. The third-order valence-corrected chi connectivity index (χ3v) is 10.2. The van der Waals surface area contributed by atoms with E-state index in [1.165, 1.54) is 24.7 Å². The van der Waals surface area contributed by atoms with Crippen molar-refractivity contribution in [2.24, 2.45) is 5.73 Å². The Morgan fingerprint density at radius 1 is 0.683 bits per heavy atom. The van der Waals surface area contributed by atoms with E-state index in [2.05, 4.69) is 45.5 Å². The van der Waals surface area contributed by atoms with E-state index < -0.39 is 5.97 Å². The van der Waals surface area contributed by atoms with Crippen LogP contribution in [0.3, 0.4) is 0 Å². The molecule has 0 aliphatic carbocycles. The second-order valence-corrected chi connectivity index (χ2v) is 15.1. The molecule has 19 heteroatoms. The fraction of sp³-hybridized carbons (Fsp3) is 0.171. The van der Waals surface area contributed by atoms with E-state index in [1.807, 2.05) is 59.3 Å². The molecule has 0 atom stereocenters. The van der Waals surface area contributed by atoms with Crippen molar-refractivity contribution in [3.63, 3.8) is 0 Å². The summed E-state index contributed by atoms with van der Waals surface area (Å²) >= 11 is 15.0. The Hall–Kier alpha value is -6.24. The van der Waals surface area contributed by atoms with Crippen LogP contribution in [0.25, 0.3) is 45.3 Å². The number of halogens is 2. The maximum atomic E-state index is 12.4. The molecule has 2 aromatic carbocycles. The third-order valence-electron chi connectivity index (χ3n) is 7.92. The minimum atomic E-state index is -1.04. The lowest BCUT2D eigenvalue weighted by Gasteiger charge is -2.04. The van der Waals surface area contributed by atoms with Gasteiger partial charge in [0.05, 0.1) is 32.5 Å². The van der Waals surface area contributed by atoms with Crippen molar-refractivity contribution < 1.29 is 23.7 Å². The van der Waals surface area contributed by atoms with Crippen LogP contribution in [0.2, 0.25) is 10.0 Å². The summed E-state index contributed by atoms with van der Waals surface area (Å²) in [7, 11) is 0. The standard InChI is InChI=1S/C20H16ClN5O2S.C11H11ClN2S.C9H7N3O3.CH4/c1-12-24-19(26-28-12)14-8-15(10-22-9-14)20(27)23-7-6-18-25-17(11-29-18)13-2-4-16(21)5-3-13;12-9-3-1-8(2-4-9)10-7-15-11(14-10)5-6-13;1-5-11-8(12-15-5)6-2-7(9(13)14)4-10-3-6;/h2-5,8-11H,6-7H2,1H3,(H,23,27);1-4,7H,5-6,13H2;2-4H,1H3,(H,13,14);1H4. The van der Waals surface area contributed by atoms with Gasteiger partial charge in [0.2, 0.25) is 23.4 Å². The molecule has 0 radical (unpaired) electrons. The average molecular weight is 886 g/mol. The van der Waals surface area contributed by atoms with E-state index in [1.54, 1.807) is 48.8 Å². The Labute approximate surface area is 362 Å².